The number of rotatable bonds is 4. The third kappa shape index (κ3) is 3.28. The average molecular weight is 295 g/mol. The lowest BCUT2D eigenvalue weighted by molar-refractivity contribution is 1.05. The third-order valence-electron chi connectivity index (χ3n) is 3.29. The molecule has 0 aliphatic rings. The summed E-state index contributed by atoms with van der Waals surface area (Å²) in [4.78, 5) is 11.2. The highest BCUT2D eigenvalue weighted by Crippen LogP contribution is 2.25. The molecule has 0 saturated carbocycles. The van der Waals surface area contributed by atoms with Crippen LogP contribution in [0.1, 0.15) is 10.7 Å². The highest BCUT2D eigenvalue weighted by molar-refractivity contribution is 7.10. The summed E-state index contributed by atoms with van der Waals surface area (Å²) in [7, 11) is 4.09. The van der Waals surface area contributed by atoms with Gasteiger partial charge in [-0.05, 0) is 24.3 Å². The highest BCUT2D eigenvalue weighted by atomic mass is 32.1. The first-order valence-corrected chi connectivity index (χ1v) is 7.72. The largest absolute Gasteiger partial charge is 0.378 e. The van der Waals surface area contributed by atoms with Crippen molar-refractivity contribution in [1.82, 2.24) is 9.97 Å². The molecule has 3 nitrogen and oxygen atoms in total. The lowest BCUT2D eigenvalue weighted by Crippen LogP contribution is -2.07. The normalized spacial score (nSPS) is 10.6. The number of thiazole rings is 1. The van der Waals surface area contributed by atoms with E-state index in [1.165, 1.54) is 5.69 Å². The zero-order valence-electron chi connectivity index (χ0n) is 12.2. The fourth-order valence-corrected chi connectivity index (χ4v) is 2.93. The number of anilines is 1. The predicted molar refractivity (Wildman–Crippen MR) is 88.9 cm³/mol. The van der Waals surface area contributed by atoms with Gasteiger partial charge >= 0.3 is 0 Å². The molecule has 2 aromatic heterocycles. The van der Waals surface area contributed by atoms with Crippen molar-refractivity contribution in [3.05, 3.63) is 64.7 Å². The minimum absolute atomic E-state index is 0.793. The molecule has 3 aromatic rings. The summed E-state index contributed by atoms with van der Waals surface area (Å²) in [5.74, 6) is 0. The van der Waals surface area contributed by atoms with Crippen molar-refractivity contribution in [3.8, 4) is 11.3 Å². The summed E-state index contributed by atoms with van der Waals surface area (Å²) < 4.78 is 0. The van der Waals surface area contributed by atoms with Gasteiger partial charge in [-0.2, -0.15) is 0 Å². The predicted octanol–water partition coefficient (Wildman–Crippen LogP) is 3.86. The fraction of sp³-hybridized carbons (Fsp3) is 0.176. The molecule has 4 heteroatoms. The van der Waals surface area contributed by atoms with E-state index in [4.69, 9.17) is 4.98 Å². The minimum atomic E-state index is 0.793. The molecule has 0 radical (unpaired) electrons. The van der Waals surface area contributed by atoms with Gasteiger partial charge in [0.2, 0.25) is 0 Å². The van der Waals surface area contributed by atoms with E-state index in [2.05, 4.69) is 39.5 Å². The zero-order chi connectivity index (χ0) is 14.7. The van der Waals surface area contributed by atoms with Crippen LogP contribution in [0.15, 0.2) is 54.0 Å². The second-order valence-corrected chi connectivity index (χ2v) is 6.01. The molecular weight excluding hydrogens is 278 g/mol. The molecule has 2 heterocycles. The van der Waals surface area contributed by atoms with E-state index >= 15 is 0 Å². The van der Waals surface area contributed by atoms with Gasteiger partial charge in [-0.15, -0.1) is 11.3 Å². The molecule has 0 N–H and O–H groups in total. The summed E-state index contributed by atoms with van der Waals surface area (Å²) in [5.41, 5.74) is 4.45. The van der Waals surface area contributed by atoms with Crippen LogP contribution in [0.25, 0.3) is 11.3 Å². The van der Waals surface area contributed by atoms with Crippen LogP contribution in [-0.2, 0) is 6.42 Å². The first kappa shape index (κ1) is 13.8. The van der Waals surface area contributed by atoms with Gasteiger partial charge in [0.1, 0.15) is 0 Å². The van der Waals surface area contributed by atoms with Crippen molar-refractivity contribution in [2.75, 3.05) is 19.0 Å². The van der Waals surface area contributed by atoms with Crippen LogP contribution >= 0.6 is 11.3 Å². The summed E-state index contributed by atoms with van der Waals surface area (Å²) in [6.45, 7) is 0. The molecule has 106 valence electrons. The van der Waals surface area contributed by atoms with Gasteiger partial charge < -0.3 is 4.90 Å². The molecule has 0 aliphatic carbocycles. The number of hydrogen-bond acceptors (Lipinski definition) is 4. The fourth-order valence-electron chi connectivity index (χ4n) is 2.11. The number of aromatic nitrogens is 2. The molecular formula is C17H17N3S. The maximum absolute atomic E-state index is 4.72. The number of benzene rings is 1. The molecule has 0 atom stereocenters. The molecule has 1 aromatic carbocycles. The molecule has 0 bridgehead atoms. The summed E-state index contributed by atoms with van der Waals surface area (Å²) in [6.07, 6.45) is 2.62. The Labute approximate surface area is 128 Å². The Morgan fingerprint density at radius 2 is 1.86 bits per heavy atom. The van der Waals surface area contributed by atoms with Crippen molar-refractivity contribution in [2.24, 2.45) is 0 Å². The Balaban J connectivity index is 1.78. The Bertz CT molecular complexity index is 702. The van der Waals surface area contributed by atoms with Gasteiger partial charge in [-0.25, -0.2) is 4.98 Å². The van der Waals surface area contributed by atoms with Crippen LogP contribution < -0.4 is 4.90 Å². The van der Waals surface area contributed by atoms with Gasteiger partial charge in [-0.1, -0.05) is 18.2 Å². The summed E-state index contributed by atoms with van der Waals surface area (Å²) in [6, 6.07) is 14.5. The van der Waals surface area contributed by atoms with Gasteiger partial charge in [0.25, 0.3) is 0 Å². The lowest BCUT2D eigenvalue weighted by Gasteiger charge is -2.12. The maximum atomic E-state index is 4.72. The second kappa shape index (κ2) is 6.06. The standard InChI is InChI=1S/C17H17N3S/c1-20(2)15-8-6-13(7-9-15)16-12-21-17(19-16)11-14-5-3-4-10-18-14/h3-10,12H,11H2,1-2H3. The monoisotopic (exact) mass is 295 g/mol. The molecule has 0 amide bonds. The Kier molecular flexibility index (Phi) is 3.97. The van der Waals surface area contributed by atoms with Crippen molar-refractivity contribution in [1.29, 1.82) is 0 Å². The molecule has 21 heavy (non-hydrogen) atoms. The van der Waals surface area contributed by atoms with Crippen LogP contribution in [0, 0.1) is 0 Å². The van der Waals surface area contributed by atoms with Crippen LogP contribution in [-0.4, -0.2) is 24.1 Å². The minimum Gasteiger partial charge on any atom is -0.378 e. The van der Waals surface area contributed by atoms with Crippen LogP contribution in [0.5, 0.6) is 0 Å². The van der Waals surface area contributed by atoms with Gasteiger partial charge in [0, 0.05) is 49.0 Å². The number of nitrogens with zero attached hydrogens (tertiary/aromatic N) is 3. The van der Waals surface area contributed by atoms with E-state index in [0.717, 1.165) is 28.4 Å². The average Bonchev–Trinajstić information content (AvgIpc) is 2.97. The molecule has 0 spiro atoms. The van der Waals surface area contributed by atoms with Gasteiger partial charge in [-0.3, -0.25) is 4.98 Å². The maximum Gasteiger partial charge on any atom is 0.0992 e. The SMILES string of the molecule is CN(C)c1ccc(-c2csc(Cc3ccccn3)n2)cc1. The van der Waals surface area contributed by atoms with Crippen LogP contribution in [0.4, 0.5) is 5.69 Å². The smallest absolute Gasteiger partial charge is 0.0992 e. The number of hydrogen-bond donors (Lipinski definition) is 0. The molecule has 0 unspecified atom stereocenters. The number of pyridine rings is 1. The second-order valence-electron chi connectivity index (χ2n) is 5.07. The Hall–Kier alpha value is -2.20. The van der Waals surface area contributed by atoms with E-state index < -0.39 is 0 Å². The quantitative estimate of drug-likeness (QED) is 0.732. The van der Waals surface area contributed by atoms with Crippen molar-refractivity contribution < 1.29 is 0 Å². The lowest BCUT2D eigenvalue weighted by atomic mass is 10.1. The molecule has 3 rings (SSSR count). The zero-order valence-corrected chi connectivity index (χ0v) is 13.0. The summed E-state index contributed by atoms with van der Waals surface area (Å²) >= 11 is 1.69. The van der Waals surface area contributed by atoms with Gasteiger partial charge in [0.15, 0.2) is 0 Å². The van der Waals surface area contributed by atoms with Crippen molar-refractivity contribution in [3.63, 3.8) is 0 Å². The Morgan fingerprint density at radius 3 is 2.52 bits per heavy atom. The molecule has 0 fully saturated rings. The van der Waals surface area contributed by atoms with Crippen molar-refractivity contribution >= 4 is 17.0 Å². The van der Waals surface area contributed by atoms with Crippen molar-refractivity contribution in [2.45, 2.75) is 6.42 Å². The van der Waals surface area contributed by atoms with Gasteiger partial charge in [0.05, 0.1) is 10.7 Å². The van der Waals surface area contributed by atoms with E-state index in [-0.39, 0.29) is 0 Å². The van der Waals surface area contributed by atoms with E-state index in [9.17, 15) is 0 Å². The van der Waals surface area contributed by atoms with Crippen LogP contribution in [0.3, 0.4) is 0 Å². The van der Waals surface area contributed by atoms with Crippen LogP contribution in [0.2, 0.25) is 0 Å². The molecule has 0 saturated heterocycles. The summed E-state index contributed by atoms with van der Waals surface area (Å²) in [5, 5.41) is 3.21. The topological polar surface area (TPSA) is 29.0 Å². The molecule has 0 aliphatic heterocycles. The highest BCUT2D eigenvalue weighted by Gasteiger charge is 2.06. The third-order valence-corrected chi connectivity index (χ3v) is 4.14. The first-order valence-electron chi connectivity index (χ1n) is 6.84. The first-order chi connectivity index (χ1) is 10.2. The van der Waals surface area contributed by atoms with E-state index in [1.54, 1.807) is 11.3 Å². The van der Waals surface area contributed by atoms with E-state index in [1.807, 2.05) is 38.5 Å². The van der Waals surface area contributed by atoms with E-state index in [0.29, 0.717) is 0 Å². The Morgan fingerprint density at radius 1 is 1.05 bits per heavy atom.